The number of benzene rings is 2. The number of aryl methyl sites for hydroxylation is 1. The predicted octanol–water partition coefficient (Wildman–Crippen LogP) is 3.10. The number of ether oxygens (including phenoxy) is 2. The van der Waals surface area contributed by atoms with Crippen molar-refractivity contribution < 1.29 is 18.7 Å². The van der Waals surface area contributed by atoms with E-state index in [1.54, 1.807) is 25.3 Å². The fraction of sp³-hybridized carbons (Fsp3) is 0.417. The fourth-order valence-corrected chi connectivity index (χ4v) is 3.97. The highest BCUT2D eigenvalue weighted by atomic mass is 19.1. The Morgan fingerprint density at radius 1 is 1.12 bits per heavy atom. The monoisotopic (exact) mass is 440 g/mol. The third-order valence-electron chi connectivity index (χ3n) is 5.86. The molecule has 1 fully saturated rings. The number of piperazine rings is 1. The molecular weight excluding hydrogens is 411 g/mol. The molecule has 8 heteroatoms. The van der Waals surface area contributed by atoms with E-state index in [9.17, 15) is 9.18 Å². The molecule has 1 aromatic heterocycles. The summed E-state index contributed by atoms with van der Waals surface area (Å²) in [6.45, 7) is 6.45. The SMILES string of the molecule is COCCn1c(C)nc2cc(C(=O)N3CCN(C)CC3)cc(OCc3ccc(F)cc3)c21. The predicted molar refractivity (Wildman–Crippen MR) is 120 cm³/mol. The van der Waals surface area contributed by atoms with Gasteiger partial charge in [-0.3, -0.25) is 4.79 Å². The van der Waals surface area contributed by atoms with E-state index in [1.807, 2.05) is 22.5 Å². The smallest absolute Gasteiger partial charge is 0.254 e. The van der Waals surface area contributed by atoms with E-state index >= 15 is 0 Å². The van der Waals surface area contributed by atoms with Crippen LogP contribution in [0.15, 0.2) is 36.4 Å². The van der Waals surface area contributed by atoms with E-state index in [0.717, 1.165) is 30.0 Å². The number of carbonyl (C=O) groups is 1. The molecule has 0 spiro atoms. The lowest BCUT2D eigenvalue weighted by atomic mass is 10.1. The van der Waals surface area contributed by atoms with Crippen LogP contribution in [0.25, 0.3) is 11.0 Å². The van der Waals surface area contributed by atoms with Crippen molar-refractivity contribution in [2.45, 2.75) is 20.1 Å². The zero-order chi connectivity index (χ0) is 22.7. The van der Waals surface area contributed by atoms with Crippen LogP contribution in [0.3, 0.4) is 0 Å². The number of carbonyl (C=O) groups excluding carboxylic acids is 1. The second-order valence-electron chi connectivity index (χ2n) is 8.16. The van der Waals surface area contributed by atoms with Gasteiger partial charge in [0.25, 0.3) is 5.91 Å². The number of hydrogen-bond donors (Lipinski definition) is 0. The molecule has 1 amide bonds. The van der Waals surface area contributed by atoms with Gasteiger partial charge in [0.2, 0.25) is 0 Å². The minimum atomic E-state index is -0.288. The quantitative estimate of drug-likeness (QED) is 0.565. The molecule has 2 aromatic carbocycles. The van der Waals surface area contributed by atoms with Crippen LogP contribution < -0.4 is 4.74 Å². The minimum Gasteiger partial charge on any atom is -0.487 e. The first kappa shape index (κ1) is 22.2. The van der Waals surface area contributed by atoms with Crippen LogP contribution in [0.2, 0.25) is 0 Å². The highest BCUT2D eigenvalue weighted by Crippen LogP contribution is 2.30. The highest BCUT2D eigenvalue weighted by Gasteiger charge is 2.23. The number of likely N-dealkylation sites (N-methyl/N-ethyl adjacent to an activating group) is 1. The van der Waals surface area contributed by atoms with E-state index in [1.165, 1.54) is 12.1 Å². The van der Waals surface area contributed by atoms with Crippen molar-refractivity contribution in [3.8, 4) is 5.75 Å². The maximum Gasteiger partial charge on any atom is 0.254 e. The molecule has 2 heterocycles. The van der Waals surface area contributed by atoms with Gasteiger partial charge in [-0.15, -0.1) is 0 Å². The second-order valence-corrected chi connectivity index (χ2v) is 8.16. The molecule has 7 nitrogen and oxygen atoms in total. The third-order valence-corrected chi connectivity index (χ3v) is 5.86. The number of fused-ring (bicyclic) bond motifs is 1. The van der Waals surface area contributed by atoms with Crippen molar-refractivity contribution in [1.29, 1.82) is 0 Å². The standard InChI is InChI=1S/C24H29FN4O3/c1-17-26-21-14-19(24(30)28-10-8-27(2)9-11-28)15-22(23(21)29(17)12-13-31-3)32-16-18-4-6-20(25)7-5-18/h4-7,14-15H,8-13,16H2,1-3H3. The zero-order valence-corrected chi connectivity index (χ0v) is 18.8. The van der Waals surface area contributed by atoms with Crippen molar-refractivity contribution in [3.63, 3.8) is 0 Å². The molecule has 0 radical (unpaired) electrons. The van der Waals surface area contributed by atoms with Gasteiger partial charge in [0.15, 0.2) is 0 Å². The van der Waals surface area contributed by atoms with Gasteiger partial charge >= 0.3 is 0 Å². The number of nitrogens with zero attached hydrogens (tertiary/aromatic N) is 4. The van der Waals surface area contributed by atoms with Gasteiger partial charge in [0.05, 0.1) is 12.1 Å². The van der Waals surface area contributed by atoms with Gasteiger partial charge in [-0.05, 0) is 43.8 Å². The molecule has 0 bridgehead atoms. The summed E-state index contributed by atoms with van der Waals surface area (Å²) in [5.74, 6) is 1.11. The Labute approximate surface area is 187 Å². The van der Waals surface area contributed by atoms with Crippen molar-refractivity contribution in [3.05, 3.63) is 59.2 Å². The number of amides is 1. The first-order valence-corrected chi connectivity index (χ1v) is 10.8. The first-order valence-electron chi connectivity index (χ1n) is 10.8. The average molecular weight is 441 g/mol. The summed E-state index contributed by atoms with van der Waals surface area (Å²) >= 11 is 0. The van der Waals surface area contributed by atoms with Crippen LogP contribution in [-0.2, 0) is 17.9 Å². The van der Waals surface area contributed by atoms with Gasteiger partial charge in [0.1, 0.15) is 29.5 Å². The molecule has 32 heavy (non-hydrogen) atoms. The van der Waals surface area contributed by atoms with Gasteiger partial charge < -0.3 is 23.8 Å². The number of rotatable bonds is 7. The van der Waals surface area contributed by atoms with Crippen molar-refractivity contribution >= 4 is 16.9 Å². The number of halogens is 1. The maximum atomic E-state index is 13.3. The lowest BCUT2D eigenvalue weighted by Crippen LogP contribution is -2.47. The lowest BCUT2D eigenvalue weighted by molar-refractivity contribution is 0.0664. The van der Waals surface area contributed by atoms with Crippen LogP contribution >= 0.6 is 0 Å². The molecule has 1 aliphatic rings. The molecule has 1 saturated heterocycles. The third kappa shape index (κ3) is 4.76. The summed E-state index contributed by atoms with van der Waals surface area (Å²) in [6, 6.07) is 9.86. The van der Waals surface area contributed by atoms with Crippen LogP contribution in [0.1, 0.15) is 21.7 Å². The maximum absolute atomic E-state index is 13.3. The van der Waals surface area contributed by atoms with Gasteiger partial charge in [-0.1, -0.05) is 12.1 Å². The highest BCUT2D eigenvalue weighted by molar-refractivity contribution is 5.99. The first-order chi connectivity index (χ1) is 15.5. The van der Waals surface area contributed by atoms with Crippen molar-refractivity contribution in [2.24, 2.45) is 0 Å². The molecule has 0 atom stereocenters. The molecule has 1 aliphatic heterocycles. The van der Waals surface area contributed by atoms with Crippen LogP contribution in [0.5, 0.6) is 5.75 Å². The van der Waals surface area contributed by atoms with E-state index in [2.05, 4.69) is 11.9 Å². The summed E-state index contributed by atoms with van der Waals surface area (Å²) in [7, 11) is 3.72. The molecular formula is C24H29FN4O3. The topological polar surface area (TPSA) is 59.8 Å². The summed E-state index contributed by atoms with van der Waals surface area (Å²) in [5, 5.41) is 0. The van der Waals surface area contributed by atoms with Crippen molar-refractivity contribution in [2.75, 3.05) is 46.9 Å². The van der Waals surface area contributed by atoms with E-state index in [0.29, 0.717) is 43.1 Å². The van der Waals surface area contributed by atoms with Crippen molar-refractivity contribution in [1.82, 2.24) is 19.4 Å². The average Bonchev–Trinajstić information content (AvgIpc) is 3.12. The second kappa shape index (κ2) is 9.67. The molecule has 3 aromatic rings. The summed E-state index contributed by atoms with van der Waals surface area (Å²) < 4.78 is 26.7. The van der Waals surface area contributed by atoms with Crippen LogP contribution in [0, 0.1) is 12.7 Å². The normalized spacial score (nSPS) is 14.8. The Morgan fingerprint density at radius 2 is 1.84 bits per heavy atom. The lowest BCUT2D eigenvalue weighted by Gasteiger charge is -2.32. The molecule has 0 N–H and O–H groups in total. The zero-order valence-electron chi connectivity index (χ0n) is 18.8. The Balaban J connectivity index is 1.69. The summed E-state index contributed by atoms with van der Waals surface area (Å²) in [4.78, 5) is 22.0. The summed E-state index contributed by atoms with van der Waals surface area (Å²) in [5.41, 5.74) is 2.95. The molecule has 0 saturated carbocycles. The Kier molecular flexibility index (Phi) is 6.72. The molecule has 170 valence electrons. The molecule has 0 unspecified atom stereocenters. The minimum absolute atomic E-state index is 0.0178. The number of aromatic nitrogens is 2. The number of hydrogen-bond acceptors (Lipinski definition) is 5. The van der Waals surface area contributed by atoms with Crippen LogP contribution in [-0.4, -0.2) is 72.2 Å². The largest absolute Gasteiger partial charge is 0.487 e. The number of methoxy groups -OCH3 is 1. The van der Waals surface area contributed by atoms with E-state index in [-0.39, 0.29) is 18.3 Å². The Hall–Kier alpha value is -2.97. The number of imidazole rings is 1. The van der Waals surface area contributed by atoms with Crippen LogP contribution in [0.4, 0.5) is 4.39 Å². The van der Waals surface area contributed by atoms with Gasteiger partial charge in [-0.25, -0.2) is 9.37 Å². The summed E-state index contributed by atoms with van der Waals surface area (Å²) in [6.07, 6.45) is 0. The Bertz CT molecular complexity index is 1090. The Morgan fingerprint density at radius 3 is 2.53 bits per heavy atom. The van der Waals surface area contributed by atoms with E-state index in [4.69, 9.17) is 14.5 Å². The molecule has 0 aliphatic carbocycles. The fourth-order valence-electron chi connectivity index (χ4n) is 3.97. The van der Waals surface area contributed by atoms with Gasteiger partial charge in [-0.2, -0.15) is 0 Å². The van der Waals surface area contributed by atoms with E-state index < -0.39 is 0 Å². The molecule has 4 rings (SSSR count). The van der Waals surface area contributed by atoms with Gasteiger partial charge in [0, 0.05) is 45.4 Å².